The highest BCUT2D eigenvalue weighted by Crippen LogP contribution is 2.11. The van der Waals surface area contributed by atoms with Gasteiger partial charge in [-0.15, -0.1) is 0 Å². The van der Waals surface area contributed by atoms with Crippen molar-refractivity contribution in [3.05, 3.63) is 23.5 Å². The molecule has 0 atom stereocenters. The molecule has 2 rings (SSSR count). The average molecular weight is 232 g/mol. The summed E-state index contributed by atoms with van der Waals surface area (Å²) in [4.78, 5) is 13.0. The third-order valence-corrected chi connectivity index (χ3v) is 2.36. The lowest BCUT2D eigenvalue weighted by Gasteiger charge is -2.04. The van der Waals surface area contributed by atoms with Gasteiger partial charge in [0.1, 0.15) is 5.75 Å². The molecule has 0 aromatic carbocycles. The lowest BCUT2D eigenvalue weighted by atomic mass is 10.3. The van der Waals surface area contributed by atoms with Crippen LogP contribution >= 0.6 is 0 Å². The molecule has 1 aromatic heterocycles. The standard InChI is InChI=1S/C12H16N4O/c1-17-12-6-10-8-14-4-2-13-3-5-15-9-11(7-12)16-10/h6-9,13H,2-5H2,1H3. The molecule has 1 aromatic rings. The Hall–Kier alpha value is -1.75. The SMILES string of the molecule is COc1cc2nc(c1)C=NCCNCCN=C2. The number of nitrogens with zero attached hydrogens (tertiary/aromatic N) is 3. The molecule has 0 aliphatic carbocycles. The van der Waals surface area contributed by atoms with E-state index in [1.54, 1.807) is 19.5 Å². The maximum atomic E-state index is 5.22. The van der Waals surface area contributed by atoms with Gasteiger partial charge in [0.05, 0.1) is 31.6 Å². The van der Waals surface area contributed by atoms with Crippen molar-refractivity contribution in [1.82, 2.24) is 10.3 Å². The van der Waals surface area contributed by atoms with Crippen LogP contribution in [0.1, 0.15) is 11.4 Å². The molecule has 17 heavy (non-hydrogen) atoms. The number of hydrogen-bond acceptors (Lipinski definition) is 5. The van der Waals surface area contributed by atoms with Crippen LogP contribution in [0.3, 0.4) is 0 Å². The van der Waals surface area contributed by atoms with Gasteiger partial charge in [0.15, 0.2) is 0 Å². The van der Waals surface area contributed by atoms with Crippen LogP contribution in [0.4, 0.5) is 0 Å². The summed E-state index contributed by atoms with van der Waals surface area (Å²) in [5, 5.41) is 3.26. The second-order valence-electron chi connectivity index (χ2n) is 3.68. The summed E-state index contributed by atoms with van der Waals surface area (Å²) in [5.74, 6) is 0.776. The molecule has 90 valence electrons. The minimum absolute atomic E-state index is 0.748. The summed E-state index contributed by atoms with van der Waals surface area (Å²) in [5.41, 5.74) is 1.60. The van der Waals surface area contributed by atoms with Crippen LogP contribution in [0.2, 0.25) is 0 Å². The molecule has 0 fully saturated rings. The molecule has 5 nitrogen and oxygen atoms in total. The maximum absolute atomic E-state index is 5.22. The fraction of sp³-hybridized carbons (Fsp3) is 0.417. The average Bonchev–Trinajstić information content (AvgIpc) is 2.35. The summed E-state index contributed by atoms with van der Waals surface area (Å²) in [6, 6.07) is 3.72. The number of methoxy groups -OCH3 is 1. The van der Waals surface area contributed by atoms with Crippen molar-refractivity contribution in [3.8, 4) is 5.75 Å². The number of pyridine rings is 1. The van der Waals surface area contributed by atoms with E-state index in [0.717, 1.165) is 43.3 Å². The van der Waals surface area contributed by atoms with Crippen LogP contribution in [0.25, 0.3) is 0 Å². The summed E-state index contributed by atoms with van der Waals surface area (Å²) in [6.07, 6.45) is 3.53. The number of rotatable bonds is 1. The molecular formula is C12H16N4O. The van der Waals surface area contributed by atoms with E-state index in [1.165, 1.54) is 0 Å². The van der Waals surface area contributed by atoms with Crippen molar-refractivity contribution in [2.24, 2.45) is 9.98 Å². The van der Waals surface area contributed by atoms with Crippen molar-refractivity contribution in [2.45, 2.75) is 0 Å². The van der Waals surface area contributed by atoms with Crippen molar-refractivity contribution in [3.63, 3.8) is 0 Å². The predicted octanol–water partition coefficient (Wildman–Crippen LogP) is 0.531. The molecular weight excluding hydrogens is 216 g/mol. The normalized spacial score (nSPS) is 16.1. The number of aromatic nitrogens is 1. The second kappa shape index (κ2) is 6.10. The molecule has 2 bridgehead atoms. The second-order valence-corrected chi connectivity index (χ2v) is 3.68. The third kappa shape index (κ3) is 3.64. The fourth-order valence-corrected chi connectivity index (χ4v) is 1.53. The van der Waals surface area contributed by atoms with Gasteiger partial charge >= 0.3 is 0 Å². The van der Waals surface area contributed by atoms with E-state index >= 15 is 0 Å². The Kier molecular flexibility index (Phi) is 4.21. The van der Waals surface area contributed by atoms with Gasteiger partial charge in [-0.3, -0.25) is 9.98 Å². The first-order valence-corrected chi connectivity index (χ1v) is 5.65. The molecule has 5 heteroatoms. The van der Waals surface area contributed by atoms with Gasteiger partial charge in [-0.05, 0) is 0 Å². The molecule has 0 saturated carbocycles. The number of nitrogens with one attached hydrogen (secondary N) is 1. The van der Waals surface area contributed by atoms with Crippen LogP contribution < -0.4 is 10.1 Å². The first-order valence-electron chi connectivity index (χ1n) is 5.65. The molecule has 0 saturated heterocycles. The minimum Gasteiger partial charge on any atom is -0.497 e. The fourth-order valence-electron chi connectivity index (χ4n) is 1.53. The highest BCUT2D eigenvalue weighted by molar-refractivity contribution is 5.82. The Morgan fingerprint density at radius 3 is 2.18 bits per heavy atom. The zero-order chi connectivity index (χ0) is 11.9. The highest BCUT2D eigenvalue weighted by Gasteiger charge is 2.00. The van der Waals surface area contributed by atoms with Crippen LogP contribution in [-0.2, 0) is 0 Å². The Bertz CT molecular complexity index is 394. The van der Waals surface area contributed by atoms with Crippen molar-refractivity contribution < 1.29 is 4.74 Å². The highest BCUT2D eigenvalue weighted by atomic mass is 16.5. The summed E-state index contributed by atoms with van der Waals surface area (Å²) >= 11 is 0. The molecule has 2 heterocycles. The van der Waals surface area contributed by atoms with E-state index in [4.69, 9.17) is 4.74 Å². The van der Waals surface area contributed by atoms with Gasteiger partial charge in [-0.2, -0.15) is 0 Å². The quantitative estimate of drug-likeness (QED) is 0.768. The van der Waals surface area contributed by atoms with Crippen molar-refractivity contribution in [2.75, 3.05) is 33.3 Å². The third-order valence-electron chi connectivity index (χ3n) is 2.36. The van der Waals surface area contributed by atoms with E-state index in [2.05, 4.69) is 20.3 Å². The Morgan fingerprint density at radius 1 is 1.06 bits per heavy atom. The van der Waals surface area contributed by atoms with E-state index in [-0.39, 0.29) is 0 Å². The van der Waals surface area contributed by atoms with Gasteiger partial charge < -0.3 is 10.1 Å². The van der Waals surface area contributed by atoms with Crippen LogP contribution in [-0.4, -0.2) is 50.7 Å². The molecule has 1 aliphatic heterocycles. The summed E-state index contributed by atoms with van der Waals surface area (Å²) < 4.78 is 5.22. The van der Waals surface area contributed by atoms with Gasteiger partial charge in [-0.1, -0.05) is 0 Å². The van der Waals surface area contributed by atoms with E-state index < -0.39 is 0 Å². The van der Waals surface area contributed by atoms with Crippen LogP contribution in [0, 0.1) is 0 Å². The van der Waals surface area contributed by atoms with E-state index in [9.17, 15) is 0 Å². The molecule has 1 aliphatic rings. The van der Waals surface area contributed by atoms with E-state index in [0.29, 0.717) is 0 Å². The Morgan fingerprint density at radius 2 is 1.65 bits per heavy atom. The molecule has 0 spiro atoms. The Balaban J connectivity index is 2.29. The molecule has 0 radical (unpaired) electrons. The molecule has 0 amide bonds. The largest absolute Gasteiger partial charge is 0.497 e. The zero-order valence-electron chi connectivity index (χ0n) is 9.89. The monoisotopic (exact) mass is 232 g/mol. The van der Waals surface area contributed by atoms with Crippen molar-refractivity contribution in [1.29, 1.82) is 0 Å². The van der Waals surface area contributed by atoms with E-state index in [1.807, 2.05) is 12.1 Å². The first kappa shape index (κ1) is 11.7. The zero-order valence-corrected chi connectivity index (χ0v) is 9.89. The van der Waals surface area contributed by atoms with Gasteiger partial charge in [0.25, 0.3) is 0 Å². The van der Waals surface area contributed by atoms with Crippen LogP contribution in [0.15, 0.2) is 22.1 Å². The van der Waals surface area contributed by atoms with Gasteiger partial charge in [0.2, 0.25) is 0 Å². The van der Waals surface area contributed by atoms with Gasteiger partial charge in [-0.25, -0.2) is 4.98 Å². The summed E-state index contributed by atoms with van der Waals surface area (Å²) in [6.45, 7) is 3.22. The predicted molar refractivity (Wildman–Crippen MR) is 68.6 cm³/mol. The first-order chi connectivity index (χ1) is 8.38. The number of fused-ring (bicyclic) bond motifs is 2. The number of ether oxygens (including phenoxy) is 1. The molecule has 1 N–H and O–H groups in total. The minimum atomic E-state index is 0.748. The Labute approximate surface area is 101 Å². The molecule has 0 unspecified atom stereocenters. The van der Waals surface area contributed by atoms with Gasteiger partial charge in [0, 0.05) is 37.7 Å². The topological polar surface area (TPSA) is 58.9 Å². The lowest BCUT2D eigenvalue weighted by Crippen LogP contribution is -2.21. The number of aliphatic imine (C=N–C) groups is 2. The number of hydrogen-bond donors (Lipinski definition) is 1. The van der Waals surface area contributed by atoms with Crippen LogP contribution in [0.5, 0.6) is 5.75 Å². The van der Waals surface area contributed by atoms with Crippen molar-refractivity contribution >= 4 is 12.4 Å². The lowest BCUT2D eigenvalue weighted by molar-refractivity contribution is 0.414. The maximum Gasteiger partial charge on any atom is 0.123 e. The summed E-state index contributed by atoms with van der Waals surface area (Å²) in [7, 11) is 1.64. The smallest absolute Gasteiger partial charge is 0.123 e.